The summed E-state index contributed by atoms with van der Waals surface area (Å²) < 4.78 is 5.62. The smallest absolute Gasteiger partial charge is 0.270 e. The summed E-state index contributed by atoms with van der Waals surface area (Å²) in [5.41, 5.74) is 2.80. The Hall–Kier alpha value is -3.14. The minimum absolute atomic E-state index is 0.0607. The lowest BCUT2D eigenvalue weighted by Gasteiger charge is -2.24. The maximum Gasteiger partial charge on any atom is 0.270 e. The molecule has 0 unspecified atom stereocenters. The highest BCUT2D eigenvalue weighted by Gasteiger charge is 2.21. The first-order chi connectivity index (χ1) is 12.9. The van der Waals surface area contributed by atoms with E-state index in [0.29, 0.717) is 5.56 Å². The molecule has 140 valence electrons. The van der Waals surface area contributed by atoms with E-state index in [-0.39, 0.29) is 42.4 Å². The third kappa shape index (κ3) is 4.53. The van der Waals surface area contributed by atoms with Crippen LogP contribution in [-0.2, 0) is 17.8 Å². The summed E-state index contributed by atoms with van der Waals surface area (Å²) in [4.78, 5) is 28.8. The number of thiazole rings is 1. The van der Waals surface area contributed by atoms with Crippen LogP contribution in [0.3, 0.4) is 0 Å². The maximum absolute atomic E-state index is 12.6. The highest BCUT2D eigenvalue weighted by atomic mass is 32.1. The molecule has 0 aliphatic heterocycles. The second-order valence-electron chi connectivity index (χ2n) is 6.08. The van der Waals surface area contributed by atoms with Crippen molar-refractivity contribution in [1.29, 1.82) is 0 Å². The summed E-state index contributed by atoms with van der Waals surface area (Å²) in [7, 11) is 0. The number of nitro groups is 1. The molecule has 3 rings (SSSR count). The number of rotatable bonds is 7. The normalized spacial score (nSPS) is 10.9. The molecule has 0 spiro atoms. The lowest BCUT2D eigenvalue weighted by Crippen LogP contribution is -2.37. The van der Waals surface area contributed by atoms with Gasteiger partial charge in [0, 0.05) is 29.1 Å². The summed E-state index contributed by atoms with van der Waals surface area (Å²) in [6.07, 6.45) is 0.202. The van der Waals surface area contributed by atoms with Crippen LogP contribution < -0.4 is 0 Å². The van der Waals surface area contributed by atoms with Gasteiger partial charge in [-0.2, -0.15) is 0 Å². The second kappa shape index (κ2) is 8.04. The summed E-state index contributed by atoms with van der Waals surface area (Å²) in [5.74, 6) is 0.340. The van der Waals surface area contributed by atoms with E-state index in [1.54, 1.807) is 22.5 Å². The molecular weight excluding hydrogens is 370 g/mol. The van der Waals surface area contributed by atoms with Crippen LogP contribution in [-0.4, -0.2) is 37.0 Å². The Balaban J connectivity index is 1.75. The van der Waals surface area contributed by atoms with Gasteiger partial charge in [-0.25, -0.2) is 4.98 Å². The zero-order chi connectivity index (χ0) is 19.4. The Morgan fingerprint density at radius 2 is 2.19 bits per heavy atom. The van der Waals surface area contributed by atoms with Crippen molar-refractivity contribution in [2.24, 2.45) is 0 Å². The predicted octanol–water partition coefficient (Wildman–Crippen LogP) is 3.08. The van der Waals surface area contributed by atoms with Gasteiger partial charge >= 0.3 is 0 Å². The van der Waals surface area contributed by atoms with Gasteiger partial charge in [0.2, 0.25) is 17.7 Å². The molecule has 3 aromatic rings. The van der Waals surface area contributed by atoms with Crippen molar-refractivity contribution in [2.45, 2.75) is 32.9 Å². The number of hydrogen-bond acceptors (Lipinski definition) is 8. The molecule has 9 nitrogen and oxygen atoms in total. The zero-order valence-electron chi connectivity index (χ0n) is 14.7. The van der Waals surface area contributed by atoms with Crippen molar-refractivity contribution in [3.8, 4) is 11.5 Å². The van der Waals surface area contributed by atoms with Crippen molar-refractivity contribution in [1.82, 2.24) is 20.1 Å². The van der Waals surface area contributed by atoms with Crippen LogP contribution >= 0.6 is 11.3 Å². The number of nitro benzene ring substituents is 1. The van der Waals surface area contributed by atoms with E-state index in [2.05, 4.69) is 15.2 Å². The first-order valence-electron chi connectivity index (χ1n) is 8.17. The first-order valence-corrected chi connectivity index (χ1v) is 9.12. The Labute approximate surface area is 158 Å². The number of aromatic nitrogens is 3. The molecule has 27 heavy (non-hydrogen) atoms. The van der Waals surface area contributed by atoms with Gasteiger partial charge in [0.15, 0.2) is 0 Å². The van der Waals surface area contributed by atoms with Crippen LogP contribution in [0.2, 0.25) is 0 Å². The molecule has 2 aromatic heterocycles. The van der Waals surface area contributed by atoms with Crippen molar-refractivity contribution in [3.05, 3.63) is 56.9 Å². The number of non-ortho nitro benzene ring substituents is 1. The highest BCUT2D eigenvalue weighted by Crippen LogP contribution is 2.23. The Bertz CT molecular complexity index is 938. The number of nitrogens with zero attached hydrogens (tertiary/aromatic N) is 5. The fourth-order valence-electron chi connectivity index (χ4n) is 2.47. The standard InChI is InChI=1S/C17H17N5O4S/c1-11(2)21(16(23)7-13-9-27-10-18-13)8-15-19-20-17(26-15)12-4-3-5-14(6-12)22(24)25/h3-6,9-11H,7-8H2,1-2H3. The lowest BCUT2D eigenvalue weighted by atomic mass is 10.2. The SMILES string of the molecule is CC(C)N(Cc1nnc(-c2cccc([N+](=O)[O-])c2)o1)C(=O)Cc1cscn1. The molecule has 0 fully saturated rings. The van der Waals surface area contributed by atoms with Gasteiger partial charge in [0.25, 0.3) is 5.69 Å². The summed E-state index contributed by atoms with van der Waals surface area (Å²) >= 11 is 1.44. The molecule has 0 aliphatic rings. The van der Waals surface area contributed by atoms with Crippen LogP contribution in [0.15, 0.2) is 39.6 Å². The molecule has 0 saturated heterocycles. The Kier molecular flexibility index (Phi) is 5.55. The fraction of sp³-hybridized carbons (Fsp3) is 0.294. The summed E-state index contributed by atoms with van der Waals surface area (Å²) in [6, 6.07) is 5.89. The largest absolute Gasteiger partial charge is 0.419 e. The minimum Gasteiger partial charge on any atom is -0.419 e. The van der Waals surface area contributed by atoms with Crippen molar-refractivity contribution in [2.75, 3.05) is 0 Å². The van der Waals surface area contributed by atoms with Crippen LogP contribution in [0.25, 0.3) is 11.5 Å². The topological polar surface area (TPSA) is 115 Å². The van der Waals surface area contributed by atoms with Crippen molar-refractivity contribution >= 4 is 22.9 Å². The van der Waals surface area contributed by atoms with Gasteiger partial charge in [-0.3, -0.25) is 14.9 Å². The molecule has 0 N–H and O–H groups in total. The molecule has 0 radical (unpaired) electrons. The first kappa shape index (κ1) is 18.6. The van der Waals surface area contributed by atoms with E-state index in [4.69, 9.17) is 4.42 Å². The van der Waals surface area contributed by atoms with Crippen LogP contribution in [0.4, 0.5) is 5.69 Å². The molecule has 0 bridgehead atoms. The van der Waals surface area contributed by atoms with E-state index in [0.717, 1.165) is 5.69 Å². The minimum atomic E-state index is -0.488. The quantitative estimate of drug-likeness (QED) is 0.452. The molecule has 0 atom stereocenters. The molecule has 1 aromatic carbocycles. The van der Waals surface area contributed by atoms with E-state index < -0.39 is 4.92 Å². The third-order valence-corrected chi connectivity index (χ3v) is 4.47. The molecule has 0 saturated carbocycles. The number of benzene rings is 1. The van der Waals surface area contributed by atoms with Crippen molar-refractivity contribution < 1.29 is 14.1 Å². The second-order valence-corrected chi connectivity index (χ2v) is 6.80. The molecular formula is C17H17N5O4S. The van der Waals surface area contributed by atoms with Gasteiger partial charge in [0.1, 0.15) is 0 Å². The zero-order valence-corrected chi connectivity index (χ0v) is 15.5. The van der Waals surface area contributed by atoms with E-state index in [1.807, 2.05) is 19.2 Å². The maximum atomic E-state index is 12.6. The highest BCUT2D eigenvalue weighted by molar-refractivity contribution is 7.07. The number of carbonyl (C=O) groups is 1. The average Bonchev–Trinajstić information content (AvgIpc) is 3.31. The third-order valence-electron chi connectivity index (χ3n) is 3.84. The summed E-state index contributed by atoms with van der Waals surface area (Å²) in [6.45, 7) is 3.95. The average molecular weight is 387 g/mol. The van der Waals surface area contributed by atoms with Gasteiger partial charge < -0.3 is 9.32 Å². The number of amides is 1. The van der Waals surface area contributed by atoms with Crippen LogP contribution in [0.1, 0.15) is 25.4 Å². The fourth-order valence-corrected chi connectivity index (χ4v) is 3.03. The van der Waals surface area contributed by atoms with Gasteiger partial charge in [0.05, 0.1) is 29.1 Å². The molecule has 1 amide bonds. The van der Waals surface area contributed by atoms with Gasteiger partial charge in [-0.05, 0) is 19.9 Å². The van der Waals surface area contributed by atoms with E-state index >= 15 is 0 Å². The van der Waals surface area contributed by atoms with Gasteiger partial charge in [-0.1, -0.05) is 6.07 Å². The number of hydrogen-bond donors (Lipinski definition) is 0. The van der Waals surface area contributed by atoms with Gasteiger partial charge in [-0.15, -0.1) is 21.5 Å². The van der Waals surface area contributed by atoms with Crippen LogP contribution in [0.5, 0.6) is 0 Å². The van der Waals surface area contributed by atoms with Crippen molar-refractivity contribution in [3.63, 3.8) is 0 Å². The summed E-state index contributed by atoms with van der Waals surface area (Å²) in [5, 5.41) is 20.7. The molecule has 2 heterocycles. The predicted molar refractivity (Wildman–Crippen MR) is 97.9 cm³/mol. The lowest BCUT2D eigenvalue weighted by molar-refractivity contribution is -0.384. The van der Waals surface area contributed by atoms with E-state index in [1.165, 1.54) is 23.5 Å². The monoisotopic (exact) mass is 387 g/mol. The Morgan fingerprint density at radius 3 is 2.85 bits per heavy atom. The molecule has 0 aliphatic carbocycles. The molecule has 10 heteroatoms. The van der Waals surface area contributed by atoms with Crippen LogP contribution in [0, 0.1) is 10.1 Å². The van der Waals surface area contributed by atoms with E-state index in [9.17, 15) is 14.9 Å². The Morgan fingerprint density at radius 1 is 1.37 bits per heavy atom. The number of carbonyl (C=O) groups excluding carboxylic acids is 1.